The molecule has 0 amide bonds. The molecule has 0 aliphatic rings. The lowest BCUT2D eigenvalue weighted by Crippen LogP contribution is -1.92. The maximum atomic E-state index is 10.2. The van der Waals surface area contributed by atoms with E-state index in [1.807, 2.05) is 0 Å². The first-order chi connectivity index (χ1) is 4.16. The average molecular weight is 149 g/mol. The number of hydrogen-bond donors (Lipinski definition) is 1. The summed E-state index contributed by atoms with van der Waals surface area (Å²) in [6.07, 6.45) is 2.44. The Bertz CT molecular complexity index is 93.1. The molecular formula is C6H14O2P+. The first-order valence-electron chi connectivity index (χ1n) is 3.30. The third-order valence-corrected chi connectivity index (χ3v) is 2.15. The molecule has 0 spiro atoms. The molecule has 0 aromatic carbocycles. The van der Waals surface area contributed by atoms with Crippen molar-refractivity contribution < 1.29 is 9.46 Å². The van der Waals surface area contributed by atoms with Crippen molar-refractivity contribution in [1.29, 1.82) is 0 Å². The summed E-state index contributed by atoms with van der Waals surface area (Å²) in [6, 6.07) is 0. The van der Waals surface area contributed by atoms with E-state index in [1.165, 1.54) is 0 Å². The molecule has 0 aliphatic carbocycles. The molecule has 0 heterocycles. The molecule has 0 radical (unpaired) electrons. The molecule has 0 aromatic heterocycles. The fourth-order valence-electron chi connectivity index (χ4n) is 0.535. The van der Waals surface area contributed by atoms with Gasteiger partial charge in [-0.25, -0.2) is 0 Å². The smallest absolute Gasteiger partial charge is 0.161 e. The van der Waals surface area contributed by atoms with Crippen molar-refractivity contribution >= 4 is 8.03 Å². The van der Waals surface area contributed by atoms with Crippen molar-refractivity contribution in [3.05, 3.63) is 0 Å². The maximum absolute atomic E-state index is 10.2. The highest BCUT2D eigenvalue weighted by atomic mass is 31.1. The highest BCUT2D eigenvalue weighted by Gasteiger charge is 2.11. The topological polar surface area (TPSA) is 37.3 Å². The van der Waals surface area contributed by atoms with Crippen LogP contribution in [0.5, 0.6) is 0 Å². The van der Waals surface area contributed by atoms with Crippen molar-refractivity contribution in [2.24, 2.45) is 5.92 Å². The molecular weight excluding hydrogens is 135 g/mol. The minimum Gasteiger partial charge on any atom is -0.161 e. The van der Waals surface area contributed by atoms with Crippen LogP contribution in [0.4, 0.5) is 0 Å². The van der Waals surface area contributed by atoms with E-state index in [0.29, 0.717) is 12.1 Å². The molecule has 0 fully saturated rings. The predicted octanol–water partition coefficient (Wildman–Crippen LogP) is 2.16. The molecule has 3 heteroatoms. The molecule has 0 aliphatic heterocycles. The van der Waals surface area contributed by atoms with Crippen molar-refractivity contribution in [1.82, 2.24) is 0 Å². The Morgan fingerprint density at radius 2 is 2.22 bits per heavy atom. The highest BCUT2D eigenvalue weighted by molar-refractivity contribution is 7.37. The third-order valence-electron chi connectivity index (χ3n) is 1.51. The van der Waals surface area contributed by atoms with E-state index in [1.54, 1.807) is 0 Å². The fraction of sp³-hybridized carbons (Fsp3) is 1.00. The molecule has 0 saturated heterocycles. The van der Waals surface area contributed by atoms with E-state index >= 15 is 0 Å². The quantitative estimate of drug-likeness (QED) is 0.622. The standard InChI is InChI=1S/C6H13O2P/c1-3-6(2)4-5-9(7)8/h6H,3-5H2,1-2H3/p+1. The van der Waals surface area contributed by atoms with Gasteiger partial charge >= 0.3 is 8.03 Å². The summed E-state index contributed by atoms with van der Waals surface area (Å²) in [7, 11) is -1.89. The Hall–Kier alpha value is 0.0600. The van der Waals surface area contributed by atoms with Gasteiger partial charge in [-0.1, -0.05) is 20.3 Å². The van der Waals surface area contributed by atoms with Gasteiger partial charge in [-0.3, -0.25) is 0 Å². The average Bonchev–Trinajstić information content (AvgIpc) is 1.83. The van der Waals surface area contributed by atoms with Gasteiger partial charge in [0.1, 0.15) is 0 Å². The second-order valence-electron chi connectivity index (χ2n) is 2.38. The van der Waals surface area contributed by atoms with Gasteiger partial charge in [-0.15, -0.1) is 0 Å². The fourth-order valence-corrected chi connectivity index (χ4v) is 1.20. The lowest BCUT2D eigenvalue weighted by Gasteiger charge is -1.99. The van der Waals surface area contributed by atoms with Gasteiger partial charge in [-0.2, -0.15) is 4.89 Å². The van der Waals surface area contributed by atoms with Crippen LogP contribution in [0, 0.1) is 5.92 Å². The highest BCUT2D eigenvalue weighted by Crippen LogP contribution is 2.18. The zero-order valence-electron chi connectivity index (χ0n) is 6.00. The maximum Gasteiger partial charge on any atom is 0.505 e. The van der Waals surface area contributed by atoms with Crippen molar-refractivity contribution in [2.75, 3.05) is 6.16 Å². The summed E-state index contributed by atoms with van der Waals surface area (Å²) in [5, 5.41) is 0. The van der Waals surface area contributed by atoms with Crippen LogP contribution >= 0.6 is 8.03 Å². The lowest BCUT2D eigenvalue weighted by molar-refractivity contribution is 0.484. The van der Waals surface area contributed by atoms with Crippen LogP contribution in [0.3, 0.4) is 0 Å². The first kappa shape index (κ1) is 9.06. The van der Waals surface area contributed by atoms with Gasteiger partial charge in [0, 0.05) is 0 Å². The van der Waals surface area contributed by atoms with E-state index in [0.717, 1.165) is 12.8 Å². The van der Waals surface area contributed by atoms with Crippen LogP contribution < -0.4 is 0 Å². The Morgan fingerprint density at radius 3 is 2.56 bits per heavy atom. The van der Waals surface area contributed by atoms with E-state index in [2.05, 4.69) is 13.8 Å². The van der Waals surface area contributed by atoms with Gasteiger partial charge < -0.3 is 0 Å². The summed E-state index contributed by atoms with van der Waals surface area (Å²) in [6.45, 7) is 4.19. The van der Waals surface area contributed by atoms with Crippen LogP contribution in [-0.4, -0.2) is 11.1 Å². The van der Waals surface area contributed by atoms with Crippen molar-refractivity contribution in [2.45, 2.75) is 26.7 Å². The van der Waals surface area contributed by atoms with Gasteiger partial charge in [0.15, 0.2) is 6.16 Å². The Balaban J connectivity index is 3.16. The molecule has 2 atom stereocenters. The molecule has 1 N–H and O–H groups in total. The number of rotatable bonds is 4. The van der Waals surface area contributed by atoms with Crippen LogP contribution in [0.1, 0.15) is 26.7 Å². The largest absolute Gasteiger partial charge is 0.505 e. The molecule has 2 nitrogen and oxygen atoms in total. The summed E-state index contributed by atoms with van der Waals surface area (Å²) in [5.41, 5.74) is 0. The van der Waals surface area contributed by atoms with E-state index in [-0.39, 0.29) is 0 Å². The Labute approximate surface area is 57.1 Å². The monoisotopic (exact) mass is 149 g/mol. The van der Waals surface area contributed by atoms with Gasteiger partial charge in [-0.05, 0) is 16.9 Å². The molecule has 0 rings (SSSR count). The normalized spacial score (nSPS) is 15.2. The van der Waals surface area contributed by atoms with Crippen molar-refractivity contribution in [3.63, 3.8) is 0 Å². The SMILES string of the molecule is CCC(C)CC[P+](=O)O. The van der Waals surface area contributed by atoms with Gasteiger partial charge in [0.25, 0.3) is 0 Å². The minimum atomic E-state index is -1.89. The Morgan fingerprint density at radius 1 is 1.67 bits per heavy atom. The molecule has 2 unspecified atom stereocenters. The second kappa shape index (κ2) is 4.89. The van der Waals surface area contributed by atoms with E-state index < -0.39 is 8.03 Å². The van der Waals surface area contributed by atoms with Crippen LogP contribution in [0.2, 0.25) is 0 Å². The van der Waals surface area contributed by atoms with Crippen LogP contribution in [0.15, 0.2) is 0 Å². The van der Waals surface area contributed by atoms with Gasteiger partial charge in [0.2, 0.25) is 0 Å². The summed E-state index contributed by atoms with van der Waals surface area (Å²) >= 11 is 0. The Kier molecular flexibility index (Phi) is 4.93. The van der Waals surface area contributed by atoms with E-state index in [4.69, 9.17) is 4.89 Å². The summed E-state index contributed by atoms with van der Waals surface area (Å²) < 4.78 is 10.2. The summed E-state index contributed by atoms with van der Waals surface area (Å²) in [5.74, 6) is 0.594. The molecule has 9 heavy (non-hydrogen) atoms. The van der Waals surface area contributed by atoms with E-state index in [9.17, 15) is 4.57 Å². The summed E-state index contributed by atoms with van der Waals surface area (Å²) in [4.78, 5) is 8.41. The van der Waals surface area contributed by atoms with Crippen molar-refractivity contribution in [3.8, 4) is 0 Å². The third kappa shape index (κ3) is 5.94. The van der Waals surface area contributed by atoms with Crippen LogP contribution in [-0.2, 0) is 4.57 Å². The zero-order chi connectivity index (χ0) is 7.28. The van der Waals surface area contributed by atoms with Gasteiger partial charge in [0.05, 0.1) is 0 Å². The molecule has 0 aromatic rings. The lowest BCUT2D eigenvalue weighted by atomic mass is 10.1. The predicted molar refractivity (Wildman–Crippen MR) is 38.8 cm³/mol. The van der Waals surface area contributed by atoms with Crippen LogP contribution in [0.25, 0.3) is 0 Å². The first-order valence-corrected chi connectivity index (χ1v) is 4.70. The molecule has 0 bridgehead atoms. The molecule has 0 saturated carbocycles. The second-order valence-corrected chi connectivity index (χ2v) is 3.53. The molecule has 54 valence electrons. The minimum absolute atomic E-state index is 0.463. The zero-order valence-corrected chi connectivity index (χ0v) is 6.90. The number of hydrogen-bond acceptors (Lipinski definition) is 1.